The number of ketones is 1. The Morgan fingerprint density at radius 3 is 2.40 bits per heavy atom. The number of hydrogen-bond acceptors (Lipinski definition) is 6. The van der Waals surface area contributed by atoms with Gasteiger partial charge in [0.25, 0.3) is 11.8 Å². The van der Waals surface area contributed by atoms with Crippen molar-refractivity contribution in [1.29, 1.82) is 0 Å². The van der Waals surface area contributed by atoms with Crippen LogP contribution in [0, 0.1) is 5.92 Å². The molecule has 1 aromatic carbocycles. The first-order valence-electron chi connectivity index (χ1n) is 7.65. The second-order valence-corrected chi connectivity index (χ2v) is 5.64. The van der Waals surface area contributed by atoms with Crippen LogP contribution in [0.3, 0.4) is 0 Å². The first-order valence-corrected chi connectivity index (χ1v) is 7.65. The van der Waals surface area contributed by atoms with Crippen molar-refractivity contribution in [1.82, 2.24) is 4.90 Å². The van der Waals surface area contributed by atoms with Gasteiger partial charge in [-0.05, 0) is 24.3 Å². The lowest BCUT2D eigenvalue weighted by molar-refractivity contribution is -0.138. The van der Waals surface area contributed by atoms with Crippen LogP contribution in [-0.4, -0.2) is 51.8 Å². The molecular formula is C17H18N2O6. The van der Waals surface area contributed by atoms with Crippen molar-refractivity contribution in [2.45, 2.75) is 13.3 Å². The molecule has 1 heterocycles. The Morgan fingerprint density at radius 2 is 1.84 bits per heavy atom. The molecular weight excluding hydrogens is 328 g/mol. The average Bonchev–Trinajstić information content (AvgIpc) is 2.82. The van der Waals surface area contributed by atoms with E-state index in [2.05, 4.69) is 5.32 Å². The second kappa shape index (κ2) is 7.71. The summed E-state index contributed by atoms with van der Waals surface area (Å²) in [4.78, 5) is 47.4. The summed E-state index contributed by atoms with van der Waals surface area (Å²) in [5.41, 5.74) is 0.946. The van der Waals surface area contributed by atoms with E-state index in [-0.39, 0.29) is 31.1 Å². The number of carboxylic acid groups (broad SMARTS) is 1. The number of rotatable bonds is 8. The summed E-state index contributed by atoms with van der Waals surface area (Å²) in [7, 11) is 0. The van der Waals surface area contributed by atoms with E-state index in [1.165, 1.54) is 12.1 Å². The lowest BCUT2D eigenvalue weighted by Gasteiger charge is -2.13. The number of carbonyl (C=O) groups is 4. The van der Waals surface area contributed by atoms with Crippen LogP contribution in [0.2, 0.25) is 0 Å². The van der Waals surface area contributed by atoms with Crippen molar-refractivity contribution in [3.05, 3.63) is 41.6 Å². The zero-order valence-electron chi connectivity index (χ0n) is 13.6. The number of nitrogens with one attached hydrogen (secondary N) is 1. The lowest BCUT2D eigenvalue weighted by atomic mass is 9.96. The van der Waals surface area contributed by atoms with E-state index in [1.807, 2.05) is 0 Å². The van der Waals surface area contributed by atoms with Crippen LogP contribution in [0.15, 0.2) is 36.0 Å². The Bertz CT molecular complexity index is 738. The Labute approximate surface area is 143 Å². The molecule has 0 bridgehead atoms. The number of Topliss-reactive ketones (excluding diaryl/α,β-unsaturated/α-hetero) is 1. The number of carboxylic acids is 1. The van der Waals surface area contributed by atoms with Crippen molar-refractivity contribution < 1.29 is 29.4 Å². The van der Waals surface area contributed by atoms with E-state index in [9.17, 15) is 19.2 Å². The monoisotopic (exact) mass is 346 g/mol. The Morgan fingerprint density at radius 1 is 1.20 bits per heavy atom. The van der Waals surface area contributed by atoms with Crippen LogP contribution in [0.1, 0.15) is 23.7 Å². The number of imide groups is 1. The maximum Gasteiger partial charge on any atom is 0.304 e. The molecule has 0 spiro atoms. The van der Waals surface area contributed by atoms with Gasteiger partial charge in [-0.2, -0.15) is 0 Å². The highest BCUT2D eigenvalue weighted by Crippen LogP contribution is 2.19. The molecule has 1 atom stereocenters. The fraction of sp³-hybridized carbons (Fsp3) is 0.294. The zero-order chi connectivity index (χ0) is 18.6. The molecule has 2 rings (SSSR count). The van der Waals surface area contributed by atoms with E-state index >= 15 is 0 Å². The van der Waals surface area contributed by atoms with E-state index in [0.29, 0.717) is 11.3 Å². The largest absolute Gasteiger partial charge is 0.481 e. The van der Waals surface area contributed by atoms with Gasteiger partial charge in [-0.3, -0.25) is 24.1 Å². The topological polar surface area (TPSA) is 124 Å². The van der Waals surface area contributed by atoms with Gasteiger partial charge in [0.05, 0.1) is 19.6 Å². The van der Waals surface area contributed by atoms with Gasteiger partial charge >= 0.3 is 5.97 Å². The van der Waals surface area contributed by atoms with Crippen LogP contribution in [0.4, 0.5) is 5.69 Å². The van der Waals surface area contributed by atoms with E-state index in [1.54, 1.807) is 19.1 Å². The summed E-state index contributed by atoms with van der Waals surface area (Å²) in [6.07, 6.45) is 0.898. The van der Waals surface area contributed by atoms with Gasteiger partial charge in [0.15, 0.2) is 5.78 Å². The van der Waals surface area contributed by atoms with Gasteiger partial charge in [0.1, 0.15) is 5.70 Å². The molecule has 1 aromatic rings. The van der Waals surface area contributed by atoms with Crippen molar-refractivity contribution in [2.24, 2.45) is 5.92 Å². The third kappa shape index (κ3) is 4.30. The molecule has 8 heteroatoms. The maximum absolute atomic E-state index is 12.1. The molecule has 1 aliphatic heterocycles. The Balaban J connectivity index is 2.05. The molecule has 0 aliphatic carbocycles. The third-order valence-corrected chi connectivity index (χ3v) is 3.71. The lowest BCUT2D eigenvalue weighted by Crippen LogP contribution is -2.34. The number of β-amino-alcohol motifs (C(OH)–C–C–N with tert-alkyl or cyclic N) is 1. The maximum atomic E-state index is 12.1. The summed E-state index contributed by atoms with van der Waals surface area (Å²) >= 11 is 0. The third-order valence-electron chi connectivity index (χ3n) is 3.71. The van der Waals surface area contributed by atoms with Gasteiger partial charge < -0.3 is 15.5 Å². The summed E-state index contributed by atoms with van der Waals surface area (Å²) in [6, 6.07) is 6.18. The fourth-order valence-electron chi connectivity index (χ4n) is 2.42. The highest BCUT2D eigenvalue weighted by atomic mass is 16.4. The Hall–Kier alpha value is -3.00. The first kappa shape index (κ1) is 18.3. The number of benzene rings is 1. The number of aliphatic hydroxyl groups excluding tert-OH is 1. The number of aliphatic carboxylic acids is 1. The molecule has 0 radical (unpaired) electrons. The Kier molecular flexibility index (Phi) is 5.66. The average molecular weight is 346 g/mol. The normalized spacial score (nSPS) is 15.1. The van der Waals surface area contributed by atoms with E-state index < -0.39 is 23.7 Å². The van der Waals surface area contributed by atoms with Gasteiger partial charge in [-0.25, -0.2) is 0 Å². The molecule has 0 aromatic heterocycles. The smallest absolute Gasteiger partial charge is 0.304 e. The SMILES string of the molecule is CC(CC(=O)O)C(=O)c1ccc(NC2=CC(=O)N(CCO)C2=O)cc1. The van der Waals surface area contributed by atoms with Crippen molar-refractivity contribution in [2.75, 3.05) is 18.5 Å². The number of carbonyl (C=O) groups excluding carboxylic acids is 3. The van der Waals surface area contributed by atoms with Crippen LogP contribution in [0.5, 0.6) is 0 Å². The van der Waals surface area contributed by atoms with Crippen LogP contribution >= 0.6 is 0 Å². The van der Waals surface area contributed by atoms with Crippen molar-refractivity contribution in [3.8, 4) is 0 Å². The van der Waals surface area contributed by atoms with E-state index in [0.717, 1.165) is 11.0 Å². The van der Waals surface area contributed by atoms with Crippen LogP contribution in [0.25, 0.3) is 0 Å². The first-order chi connectivity index (χ1) is 11.8. The summed E-state index contributed by atoms with van der Waals surface area (Å²) in [6.45, 7) is 1.16. The number of amides is 2. The summed E-state index contributed by atoms with van der Waals surface area (Å²) in [5.74, 6) is -3.00. The zero-order valence-corrected chi connectivity index (χ0v) is 13.6. The predicted molar refractivity (Wildman–Crippen MR) is 87.7 cm³/mol. The van der Waals surface area contributed by atoms with Gasteiger partial charge in [-0.1, -0.05) is 6.92 Å². The minimum atomic E-state index is -1.04. The highest BCUT2D eigenvalue weighted by Gasteiger charge is 2.30. The molecule has 0 fully saturated rings. The quantitative estimate of drug-likeness (QED) is 0.466. The second-order valence-electron chi connectivity index (χ2n) is 5.64. The summed E-state index contributed by atoms with van der Waals surface area (Å²) in [5, 5.41) is 20.4. The van der Waals surface area contributed by atoms with Crippen LogP contribution < -0.4 is 5.32 Å². The highest BCUT2D eigenvalue weighted by molar-refractivity contribution is 6.17. The molecule has 3 N–H and O–H groups in total. The molecule has 0 saturated heterocycles. The molecule has 132 valence electrons. The van der Waals surface area contributed by atoms with Gasteiger partial charge in [0.2, 0.25) is 0 Å². The van der Waals surface area contributed by atoms with Gasteiger partial charge in [0, 0.05) is 23.2 Å². The number of aliphatic hydroxyl groups is 1. The molecule has 25 heavy (non-hydrogen) atoms. The molecule has 0 saturated carbocycles. The molecule has 1 aliphatic rings. The standard InChI is InChI=1S/C17H18N2O6/c1-10(8-15(22)23)16(24)11-2-4-12(5-3-11)18-13-9-14(21)19(6-7-20)17(13)25/h2-5,9-10,18,20H,6-8H2,1H3,(H,22,23). The van der Waals surface area contributed by atoms with Crippen LogP contribution in [-0.2, 0) is 14.4 Å². The fourth-order valence-corrected chi connectivity index (χ4v) is 2.42. The number of anilines is 1. The van der Waals surface area contributed by atoms with Gasteiger partial charge in [-0.15, -0.1) is 0 Å². The van der Waals surface area contributed by atoms with Crippen molar-refractivity contribution >= 4 is 29.3 Å². The number of nitrogens with zero attached hydrogens (tertiary/aromatic N) is 1. The van der Waals surface area contributed by atoms with E-state index in [4.69, 9.17) is 10.2 Å². The molecule has 8 nitrogen and oxygen atoms in total. The molecule has 1 unspecified atom stereocenters. The minimum Gasteiger partial charge on any atom is -0.481 e. The minimum absolute atomic E-state index is 0.0751. The van der Waals surface area contributed by atoms with Crippen molar-refractivity contribution in [3.63, 3.8) is 0 Å². The molecule has 2 amide bonds. The predicted octanol–water partition coefficient (Wildman–Crippen LogP) is 0.637. The summed E-state index contributed by atoms with van der Waals surface area (Å²) < 4.78 is 0. The number of hydrogen-bond donors (Lipinski definition) is 3.